The zero-order chi connectivity index (χ0) is 21.7. The Hall–Kier alpha value is -2.26. The van der Waals surface area contributed by atoms with Crippen LogP contribution in [0.1, 0.15) is 16.7 Å². The second kappa shape index (κ2) is 6.66. The Morgan fingerprint density at radius 2 is 1.25 bits per heavy atom. The average Bonchev–Trinajstić information content (AvgIpc) is 2.52. The molecule has 1 unspecified atom stereocenters. The molecule has 0 bridgehead atoms. The maximum atomic E-state index is 15.0. The number of hydrogen-bond acceptors (Lipinski definition) is 0. The van der Waals surface area contributed by atoms with Gasteiger partial charge in [-0.15, -0.1) is 0 Å². The van der Waals surface area contributed by atoms with Crippen LogP contribution in [0.3, 0.4) is 0 Å². The van der Waals surface area contributed by atoms with Crippen LogP contribution in [0.25, 0.3) is 11.1 Å². The molecule has 0 heterocycles. The third-order valence-electron chi connectivity index (χ3n) is 4.17. The zero-order valence-corrected chi connectivity index (χ0v) is 14.2. The van der Waals surface area contributed by atoms with Gasteiger partial charge in [0.15, 0.2) is 0 Å². The summed E-state index contributed by atoms with van der Waals surface area (Å²) in [6, 6.07) is 5.21. The van der Waals surface area contributed by atoms with Crippen LogP contribution in [0, 0.1) is 19.7 Å². The second-order valence-electron chi connectivity index (χ2n) is 6.21. The molecule has 2 aromatic carbocycles. The molecule has 2 rings (SSSR count). The van der Waals surface area contributed by atoms with Gasteiger partial charge >= 0.3 is 23.9 Å². The van der Waals surface area contributed by atoms with Gasteiger partial charge in [-0.3, -0.25) is 0 Å². The van der Waals surface area contributed by atoms with Gasteiger partial charge in [-0.1, -0.05) is 35.9 Å². The van der Waals surface area contributed by atoms with Crippen molar-refractivity contribution in [3.8, 4) is 11.1 Å². The van der Waals surface area contributed by atoms with Gasteiger partial charge in [0.25, 0.3) is 0 Å². The predicted octanol–water partition coefficient (Wildman–Crippen LogP) is 7.03. The molecule has 0 fully saturated rings. The molecule has 0 N–H and O–H groups in total. The molecule has 0 aliphatic carbocycles. The Morgan fingerprint density at radius 3 is 1.71 bits per heavy atom. The zero-order valence-electron chi connectivity index (χ0n) is 14.2. The van der Waals surface area contributed by atoms with E-state index in [1.54, 1.807) is 0 Å². The smallest absolute Gasteiger partial charge is 0.221 e. The summed E-state index contributed by atoms with van der Waals surface area (Å²) >= 11 is 0. The molecule has 0 spiro atoms. The molecule has 0 aliphatic rings. The molecule has 0 saturated heterocycles. The third-order valence-corrected chi connectivity index (χ3v) is 4.17. The first-order valence-electron chi connectivity index (χ1n) is 7.62. The first-order chi connectivity index (χ1) is 12.6. The minimum Gasteiger partial charge on any atom is -0.221 e. The van der Waals surface area contributed by atoms with Crippen LogP contribution in [0.5, 0.6) is 0 Å². The molecule has 10 heteroatoms. The molecule has 28 heavy (non-hydrogen) atoms. The summed E-state index contributed by atoms with van der Waals surface area (Å²) in [5.41, 5.74) is -10.4. The van der Waals surface area contributed by atoms with E-state index in [1.165, 1.54) is 0 Å². The fourth-order valence-corrected chi connectivity index (χ4v) is 2.96. The van der Waals surface area contributed by atoms with E-state index in [0.29, 0.717) is 0 Å². The maximum Gasteiger partial charge on any atom is 0.457 e. The minimum atomic E-state index is -6.86. The highest BCUT2D eigenvalue weighted by Gasteiger charge is 2.82. The third kappa shape index (κ3) is 3.22. The van der Waals surface area contributed by atoms with Crippen molar-refractivity contribution in [3.63, 3.8) is 0 Å². The van der Waals surface area contributed by atoms with Gasteiger partial charge in [0, 0.05) is 11.1 Å². The van der Waals surface area contributed by atoms with Crippen molar-refractivity contribution in [1.29, 1.82) is 0 Å². The summed E-state index contributed by atoms with van der Waals surface area (Å²) in [5, 5.41) is 0. The van der Waals surface area contributed by atoms with Crippen molar-refractivity contribution in [3.05, 3.63) is 58.9 Å². The van der Waals surface area contributed by atoms with Gasteiger partial charge in [-0.25, -0.2) is 8.78 Å². The van der Waals surface area contributed by atoms with Crippen LogP contribution in [-0.2, 0) is 5.67 Å². The maximum absolute atomic E-state index is 15.0. The minimum absolute atomic E-state index is 0.211. The first kappa shape index (κ1) is 22.0. The van der Waals surface area contributed by atoms with Crippen LogP contribution in [0.15, 0.2) is 36.4 Å². The van der Waals surface area contributed by atoms with Gasteiger partial charge in [-0.05, 0) is 31.0 Å². The lowest BCUT2D eigenvalue weighted by atomic mass is 9.80. The average molecular weight is 418 g/mol. The standard InChI is InChI=1S/C18H12F10/c1-9-7-10(2)14(11-5-3-4-6-13(11)19)12(8-9)15(20,17(23,24)25)16(21,22)18(26,27)28/h3-8H,1-2H3. The fraction of sp³-hybridized carbons (Fsp3) is 0.333. The highest BCUT2D eigenvalue weighted by Crippen LogP contribution is 2.60. The Labute approximate surface area is 152 Å². The summed E-state index contributed by atoms with van der Waals surface area (Å²) in [6.45, 7) is 2.14. The van der Waals surface area contributed by atoms with E-state index < -0.39 is 46.5 Å². The lowest BCUT2D eigenvalue weighted by Gasteiger charge is -2.37. The van der Waals surface area contributed by atoms with Crippen molar-refractivity contribution in [1.82, 2.24) is 0 Å². The van der Waals surface area contributed by atoms with E-state index in [0.717, 1.165) is 44.2 Å². The number of alkyl halides is 9. The molecule has 2 aromatic rings. The van der Waals surface area contributed by atoms with Crippen molar-refractivity contribution in [2.24, 2.45) is 0 Å². The van der Waals surface area contributed by atoms with Gasteiger partial charge < -0.3 is 0 Å². The van der Waals surface area contributed by atoms with Crippen LogP contribution in [0.4, 0.5) is 43.9 Å². The molecule has 1 atom stereocenters. The van der Waals surface area contributed by atoms with E-state index in [4.69, 9.17) is 0 Å². The monoisotopic (exact) mass is 418 g/mol. The van der Waals surface area contributed by atoms with Crippen molar-refractivity contribution in [2.75, 3.05) is 0 Å². The summed E-state index contributed by atoms with van der Waals surface area (Å²) in [7, 11) is 0. The van der Waals surface area contributed by atoms with Crippen molar-refractivity contribution >= 4 is 0 Å². The van der Waals surface area contributed by atoms with Crippen LogP contribution in [0.2, 0.25) is 0 Å². The molecular weight excluding hydrogens is 406 g/mol. The molecule has 0 radical (unpaired) electrons. The fourth-order valence-electron chi connectivity index (χ4n) is 2.96. The van der Waals surface area contributed by atoms with Crippen LogP contribution in [-0.4, -0.2) is 18.3 Å². The molecule has 0 amide bonds. The van der Waals surface area contributed by atoms with E-state index in [2.05, 4.69) is 0 Å². The van der Waals surface area contributed by atoms with E-state index in [9.17, 15) is 39.5 Å². The number of hydrogen-bond donors (Lipinski definition) is 0. The summed E-state index contributed by atoms with van der Waals surface area (Å²) in [6.07, 6.45) is -13.5. The highest BCUT2D eigenvalue weighted by atomic mass is 19.4. The predicted molar refractivity (Wildman–Crippen MR) is 81.2 cm³/mol. The van der Waals surface area contributed by atoms with Crippen molar-refractivity contribution < 1.29 is 43.9 Å². The van der Waals surface area contributed by atoms with Crippen LogP contribution >= 0.6 is 0 Å². The summed E-state index contributed by atoms with van der Waals surface area (Å²) in [5.74, 6) is -8.05. The van der Waals surface area contributed by atoms with Crippen molar-refractivity contribution in [2.45, 2.75) is 37.8 Å². The first-order valence-corrected chi connectivity index (χ1v) is 7.62. The molecule has 0 aliphatic heterocycles. The number of aryl methyl sites for hydroxylation is 2. The molecule has 0 aromatic heterocycles. The normalized spacial score (nSPS) is 15.4. The Bertz CT molecular complexity index is 879. The summed E-state index contributed by atoms with van der Waals surface area (Å²) in [4.78, 5) is 0. The van der Waals surface area contributed by atoms with Gasteiger partial charge in [0.05, 0.1) is 0 Å². The largest absolute Gasteiger partial charge is 0.457 e. The molecular formula is C18H12F10. The SMILES string of the molecule is Cc1cc(C)c(-c2ccccc2F)c(C(F)(C(F)(F)F)C(F)(F)C(F)(F)F)c1. The molecule has 0 nitrogen and oxygen atoms in total. The van der Waals surface area contributed by atoms with Gasteiger partial charge in [0.1, 0.15) is 5.82 Å². The topological polar surface area (TPSA) is 0 Å². The molecule has 0 saturated carbocycles. The Balaban J connectivity index is 3.04. The Morgan fingerprint density at radius 1 is 0.714 bits per heavy atom. The quantitative estimate of drug-likeness (QED) is 0.470. The van der Waals surface area contributed by atoms with E-state index in [-0.39, 0.29) is 17.2 Å². The number of halogens is 10. The lowest BCUT2D eigenvalue weighted by molar-refractivity contribution is -0.389. The Kier molecular flexibility index (Phi) is 5.24. The van der Waals surface area contributed by atoms with Gasteiger partial charge in [-0.2, -0.15) is 35.1 Å². The van der Waals surface area contributed by atoms with Crippen LogP contribution < -0.4 is 0 Å². The molecule has 154 valence electrons. The van der Waals surface area contributed by atoms with E-state index >= 15 is 4.39 Å². The number of rotatable bonds is 3. The van der Waals surface area contributed by atoms with E-state index in [1.807, 2.05) is 0 Å². The summed E-state index contributed by atoms with van der Waals surface area (Å²) < 4.78 is 136. The van der Waals surface area contributed by atoms with Gasteiger partial charge in [0.2, 0.25) is 0 Å². The number of benzene rings is 2. The lowest BCUT2D eigenvalue weighted by Crippen LogP contribution is -2.60. The highest BCUT2D eigenvalue weighted by molar-refractivity contribution is 5.73. The second-order valence-corrected chi connectivity index (χ2v) is 6.21.